The fraction of sp³-hybridized carbons (Fsp3) is 0.200. The van der Waals surface area contributed by atoms with E-state index in [1.165, 1.54) is 6.20 Å². The van der Waals surface area contributed by atoms with Crippen LogP contribution in [0.5, 0.6) is 0 Å². The van der Waals surface area contributed by atoms with Gasteiger partial charge in [0.25, 0.3) is 0 Å². The van der Waals surface area contributed by atoms with Crippen LogP contribution in [0.2, 0.25) is 0 Å². The van der Waals surface area contributed by atoms with Crippen molar-refractivity contribution in [2.45, 2.75) is 6.92 Å². The minimum atomic E-state index is -0.0231. The van der Waals surface area contributed by atoms with Crippen LogP contribution in [0, 0.1) is 6.92 Å². The van der Waals surface area contributed by atoms with Gasteiger partial charge in [0.05, 0.1) is 11.9 Å². The van der Waals surface area contributed by atoms with Crippen LogP contribution < -0.4 is 5.73 Å². The molecule has 0 aliphatic heterocycles. The van der Waals surface area contributed by atoms with Crippen molar-refractivity contribution in [1.82, 2.24) is 15.7 Å². The van der Waals surface area contributed by atoms with Crippen LogP contribution in [0.1, 0.15) is 5.69 Å². The second kappa shape index (κ2) is 1.78. The zero-order chi connectivity index (χ0) is 5.98. The Kier molecular flexibility index (Phi) is 1.12. The topological polar surface area (TPSA) is 48.1 Å². The first-order valence-electron chi connectivity index (χ1n) is 2.26. The summed E-state index contributed by atoms with van der Waals surface area (Å²) in [5, 5.41) is 0. The van der Waals surface area contributed by atoms with Crippen LogP contribution in [-0.2, 0) is 0 Å². The van der Waals surface area contributed by atoms with Crippen molar-refractivity contribution in [3.8, 4) is 0 Å². The maximum Gasteiger partial charge on any atom is 0.193 e. The zero-order valence-electron chi connectivity index (χ0n) is 4.50. The second-order valence-corrected chi connectivity index (χ2v) is 1.52. The summed E-state index contributed by atoms with van der Waals surface area (Å²) in [4.78, 5) is 7.34. The second-order valence-electron chi connectivity index (χ2n) is 1.52. The lowest BCUT2D eigenvalue weighted by atomic mass is 10.5. The standard InChI is InChI=1S/C5H5N3/c1-4-2-7-3-5(6)8-4/h2-3H,1H3. The van der Waals surface area contributed by atoms with Gasteiger partial charge in [-0.3, -0.25) is 4.98 Å². The third-order valence-corrected chi connectivity index (χ3v) is 0.742. The molecule has 0 amide bonds. The van der Waals surface area contributed by atoms with E-state index in [9.17, 15) is 0 Å². The first-order chi connectivity index (χ1) is 3.79. The van der Waals surface area contributed by atoms with E-state index in [-0.39, 0.29) is 5.82 Å². The smallest absolute Gasteiger partial charge is 0.193 e. The van der Waals surface area contributed by atoms with Gasteiger partial charge in [-0.25, -0.2) is 4.98 Å². The van der Waals surface area contributed by atoms with Crippen LogP contribution in [0.25, 0.3) is 0 Å². The first kappa shape index (κ1) is 5.03. The lowest BCUT2D eigenvalue weighted by Gasteiger charge is -1.86. The molecule has 0 aliphatic rings. The van der Waals surface area contributed by atoms with Gasteiger partial charge in [0, 0.05) is 6.20 Å². The van der Waals surface area contributed by atoms with Crippen molar-refractivity contribution in [3.63, 3.8) is 0 Å². The minimum absolute atomic E-state index is 0.0231. The average molecular weight is 107 g/mol. The minimum Gasteiger partial charge on any atom is -0.259 e. The highest BCUT2D eigenvalue weighted by Crippen LogP contribution is 1.94. The molecule has 1 aromatic rings. The van der Waals surface area contributed by atoms with E-state index in [1.54, 1.807) is 13.1 Å². The molecule has 0 aromatic carbocycles. The molecule has 0 aliphatic carbocycles. The Morgan fingerprint density at radius 1 is 1.50 bits per heavy atom. The van der Waals surface area contributed by atoms with Crippen molar-refractivity contribution in [2.24, 2.45) is 0 Å². The monoisotopic (exact) mass is 107 g/mol. The molecule has 40 valence electrons. The molecule has 0 spiro atoms. The fourth-order valence-electron chi connectivity index (χ4n) is 0.450. The maximum absolute atomic E-state index is 8.64. The van der Waals surface area contributed by atoms with Gasteiger partial charge in [-0.05, 0) is 6.92 Å². The predicted molar refractivity (Wildman–Crippen MR) is 28.6 cm³/mol. The van der Waals surface area contributed by atoms with Crippen LogP contribution in [-0.4, -0.2) is 9.97 Å². The maximum atomic E-state index is 8.64. The highest BCUT2D eigenvalue weighted by atomic mass is 14.9. The Bertz CT molecular complexity index is 168. The molecule has 3 nitrogen and oxygen atoms in total. The summed E-state index contributed by atoms with van der Waals surface area (Å²) in [5.74, 6) is -0.0231. The van der Waals surface area contributed by atoms with E-state index in [0.29, 0.717) is 0 Å². The molecule has 1 heterocycles. The Labute approximate surface area is 47.6 Å². The van der Waals surface area contributed by atoms with E-state index in [0.717, 1.165) is 5.69 Å². The normalized spacial score (nSPS) is 9.12. The van der Waals surface area contributed by atoms with Crippen molar-refractivity contribution >= 4 is 5.82 Å². The number of aryl methyl sites for hydroxylation is 1. The summed E-state index contributed by atoms with van der Waals surface area (Å²) in [6.07, 6.45) is 2.88. The van der Waals surface area contributed by atoms with Crippen molar-refractivity contribution < 1.29 is 0 Å². The molecule has 1 rings (SSSR count). The average Bonchev–Trinajstić information content (AvgIpc) is 1.64. The highest BCUT2D eigenvalue weighted by molar-refractivity contribution is 5.18. The summed E-state index contributed by atoms with van der Waals surface area (Å²) in [6, 6.07) is 0. The van der Waals surface area contributed by atoms with Gasteiger partial charge >= 0.3 is 0 Å². The lowest BCUT2D eigenvalue weighted by Crippen LogP contribution is -1.83. The van der Waals surface area contributed by atoms with Gasteiger partial charge in [0.1, 0.15) is 0 Å². The van der Waals surface area contributed by atoms with Gasteiger partial charge in [-0.1, -0.05) is 0 Å². The van der Waals surface area contributed by atoms with Crippen LogP contribution in [0.4, 0.5) is 5.82 Å². The van der Waals surface area contributed by atoms with Crippen LogP contribution in [0.3, 0.4) is 0 Å². The molecule has 0 unspecified atom stereocenters. The zero-order valence-corrected chi connectivity index (χ0v) is 4.50. The molecule has 0 N–H and O–H groups in total. The summed E-state index contributed by atoms with van der Waals surface area (Å²) >= 11 is 0. The molecule has 1 aromatic heterocycles. The number of hydrogen-bond acceptors (Lipinski definition) is 2. The van der Waals surface area contributed by atoms with Crippen LogP contribution in [0.15, 0.2) is 12.4 Å². The molecule has 0 bridgehead atoms. The van der Waals surface area contributed by atoms with Gasteiger partial charge in [-0.2, -0.15) is 0 Å². The Balaban J connectivity index is 3.08. The third kappa shape index (κ3) is 0.932. The lowest BCUT2D eigenvalue weighted by molar-refractivity contribution is 1.09. The Morgan fingerprint density at radius 3 is 2.62 bits per heavy atom. The van der Waals surface area contributed by atoms with Gasteiger partial charge < -0.3 is 0 Å². The number of aromatic nitrogens is 2. The molecule has 0 atom stereocenters. The van der Waals surface area contributed by atoms with Crippen LogP contribution >= 0.6 is 0 Å². The molecular weight excluding hydrogens is 102 g/mol. The Morgan fingerprint density at radius 2 is 2.25 bits per heavy atom. The van der Waals surface area contributed by atoms with Gasteiger partial charge in [0.15, 0.2) is 5.82 Å². The van der Waals surface area contributed by atoms with Crippen molar-refractivity contribution in [1.29, 1.82) is 0 Å². The van der Waals surface area contributed by atoms with Gasteiger partial charge in [0.2, 0.25) is 0 Å². The first-order valence-corrected chi connectivity index (χ1v) is 2.26. The predicted octanol–water partition coefficient (Wildman–Crippen LogP) is 0.485. The number of hydrogen-bond donors (Lipinski definition) is 0. The van der Waals surface area contributed by atoms with E-state index in [4.69, 9.17) is 5.73 Å². The number of nitrogens with zero attached hydrogens (tertiary/aromatic N) is 3. The fourth-order valence-corrected chi connectivity index (χ4v) is 0.450. The Hall–Kier alpha value is -1.12. The molecule has 8 heavy (non-hydrogen) atoms. The van der Waals surface area contributed by atoms with Gasteiger partial charge in [-0.15, -0.1) is 5.73 Å². The molecule has 3 heteroatoms. The largest absolute Gasteiger partial charge is 0.259 e. The molecule has 0 fully saturated rings. The van der Waals surface area contributed by atoms with E-state index >= 15 is 0 Å². The number of rotatable bonds is 0. The van der Waals surface area contributed by atoms with E-state index in [2.05, 4.69) is 9.97 Å². The molecule has 0 saturated carbocycles. The summed E-state index contributed by atoms with van der Waals surface area (Å²) in [7, 11) is 0. The SMILES string of the molecule is Cc1cncc([N])n1. The quantitative estimate of drug-likeness (QED) is 0.484. The third-order valence-electron chi connectivity index (χ3n) is 0.742. The highest BCUT2D eigenvalue weighted by Gasteiger charge is 1.86. The van der Waals surface area contributed by atoms with E-state index < -0.39 is 0 Å². The summed E-state index contributed by atoms with van der Waals surface area (Å²) < 4.78 is 0. The molecule has 0 saturated heterocycles. The van der Waals surface area contributed by atoms with Crippen molar-refractivity contribution in [2.75, 3.05) is 0 Å². The van der Waals surface area contributed by atoms with E-state index in [1.807, 2.05) is 0 Å². The van der Waals surface area contributed by atoms with Crippen molar-refractivity contribution in [3.05, 3.63) is 18.1 Å². The molecule has 2 radical (unpaired) electrons. The molecular formula is C5H5N3. The summed E-state index contributed by atoms with van der Waals surface area (Å²) in [5.41, 5.74) is 9.37. The summed E-state index contributed by atoms with van der Waals surface area (Å²) in [6.45, 7) is 1.77.